The number of carbonyl (C=O) groups is 1. The molecule has 0 aliphatic carbocycles. The van der Waals surface area contributed by atoms with Crippen molar-refractivity contribution in [3.05, 3.63) is 58.6 Å². The third-order valence-corrected chi connectivity index (χ3v) is 5.62. The van der Waals surface area contributed by atoms with Crippen LogP contribution in [-0.2, 0) is 23.0 Å². The highest BCUT2D eigenvalue weighted by molar-refractivity contribution is 7.92. The van der Waals surface area contributed by atoms with Crippen LogP contribution >= 0.6 is 11.6 Å². The third-order valence-electron chi connectivity index (χ3n) is 4.19. The topological polar surface area (TPSA) is 78.5 Å². The second-order valence-corrected chi connectivity index (χ2v) is 8.56. The summed E-state index contributed by atoms with van der Waals surface area (Å²) in [5, 5.41) is 6.15. The molecule has 1 heterocycles. The van der Waals surface area contributed by atoms with Crippen molar-refractivity contribution in [1.29, 1.82) is 0 Å². The van der Waals surface area contributed by atoms with E-state index in [2.05, 4.69) is 10.6 Å². The van der Waals surface area contributed by atoms with E-state index in [-0.39, 0.29) is 6.03 Å². The Labute approximate surface area is 158 Å². The summed E-state index contributed by atoms with van der Waals surface area (Å²) in [6, 6.07) is 12.2. The maximum absolute atomic E-state index is 12.1. The first-order chi connectivity index (χ1) is 12.3. The van der Waals surface area contributed by atoms with E-state index in [1.807, 2.05) is 18.2 Å². The highest BCUT2D eigenvalue weighted by atomic mass is 35.5. The van der Waals surface area contributed by atoms with Gasteiger partial charge in [0, 0.05) is 23.8 Å². The number of nitrogens with one attached hydrogen (secondary N) is 2. The van der Waals surface area contributed by atoms with E-state index >= 15 is 0 Å². The summed E-state index contributed by atoms with van der Waals surface area (Å²) in [7, 11) is -3.34. The number of rotatable bonds is 4. The summed E-state index contributed by atoms with van der Waals surface area (Å²) in [6.07, 6.45) is 2.81. The van der Waals surface area contributed by atoms with Crippen molar-refractivity contribution in [1.82, 2.24) is 5.32 Å². The Hall–Kier alpha value is -2.25. The van der Waals surface area contributed by atoms with E-state index in [9.17, 15) is 13.2 Å². The Morgan fingerprint density at radius 3 is 2.62 bits per heavy atom. The van der Waals surface area contributed by atoms with Crippen molar-refractivity contribution in [2.75, 3.05) is 22.4 Å². The summed E-state index contributed by atoms with van der Waals surface area (Å²) in [5.41, 5.74) is 3.08. The molecule has 0 radical (unpaired) electrons. The third kappa shape index (κ3) is 4.47. The van der Waals surface area contributed by atoms with E-state index in [1.54, 1.807) is 24.3 Å². The predicted molar refractivity (Wildman–Crippen MR) is 104 cm³/mol. The highest BCUT2D eigenvalue weighted by Gasteiger charge is 2.24. The molecule has 1 aliphatic heterocycles. The number of amides is 2. The van der Waals surface area contributed by atoms with Crippen molar-refractivity contribution in [2.24, 2.45) is 0 Å². The van der Waals surface area contributed by atoms with Gasteiger partial charge in [-0.15, -0.1) is 0 Å². The molecule has 3 rings (SSSR count). The zero-order valence-corrected chi connectivity index (χ0v) is 15.9. The van der Waals surface area contributed by atoms with Crippen LogP contribution in [0.4, 0.5) is 16.2 Å². The van der Waals surface area contributed by atoms with Crippen LogP contribution in [-0.4, -0.2) is 27.2 Å². The van der Waals surface area contributed by atoms with Gasteiger partial charge in [-0.05, 0) is 48.2 Å². The first-order valence-electron chi connectivity index (χ1n) is 8.23. The van der Waals surface area contributed by atoms with Gasteiger partial charge in [-0.1, -0.05) is 29.8 Å². The molecule has 0 spiro atoms. The molecule has 2 amide bonds. The maximum Gasteiger partial charge on any atom is 0.319 e. The minimum Gasteiger partial charge on any atom is -0.334 e. The number of benzene rings is 2. The normalized spacial score (nSPS) is 13.8. The molecule has 8 heteroatoms. The Bertz CT molecular complexity index is 914. The standard InChI is InChI=1S/C18H20ClN3O3S/c1-26(24,25)22-10-2-3-14-6-9-16(11-17(14)22)21-18(23)20-12-13-4-7-15(19)8-5-13/h4-9,11H,2-3,10,12H2,1H3,(H2,20,21,23). The van der Waals surface area contributed by atoms with Crippen LogP contribution in [0.15, 0.2) is 42.5 Å². The first kappa shape index (κ1) is 18.5. The molecule has 1 aliphatic rings. The Morgan fingerprint density at radius 2 is 1.92 bits per heavy atom. The van der Waals surface area contributed by atoms with E-state index in [1.165, 1.54) is 10.6 Å². The number of hydrogen-bond acceptors (Lipinski definition) is 3. The Morgan fingerprint density at radius 1 is 1.19 bits per heavy atom. The zero-order chi connectivity index (χ0) is 18.7. The maximum atomic E-state index is 12.1. The van der Waals surface area contributed by atoms with Gasteiger partial charge in [0.05, 0.1) is 11.9 Å². The fraction of sp³-hybridized carbons (Fsp3) is 0.278. The second kappa shape index (κ2) is 7.55. The molecular weight excluding hydrogens is 374 g/mol. The Kier molecular flexibility index (Phi) is 5.38. The van der Waals surface area contributed by atoms with Crippen LogP contribution < -0.4 is 14.9 Å². The molecule has 0 saturated carbocycles. The van der Waals surface area contributed by atoms with Crippen LogP contribution in [0.1, 0.15) is 17.5 Å². The number of urea groups is 1. The van der Waals surface area contributed by atoms with Crippen molar-refractivity contribution < 1.29 is 13.2 Å². The predicted octanol–water partition coefficient (Wildman–Crippen LogP) is 3.37. The number of carbonyl (C=O) groups excluding carboxylic acids is 1. The zero-order valence-electron chi connectivity index (χ0n) is 14.3. The second-order valence-electron chi connectivity index (χ2n) is 6.22. The number of halogens is 1. The average molecular weight is 394 g/mol. The largest absolute Gasteiger partial charge is 0.334 e. The lowest BCUT2D eigenvalue weighted by Crippen LogP contribution is -2.34. The average Bonchev–Trinajstić information content (AvgIpc) is 2.60. The summed E-state index contributed by atoms with van der Waals surface area (Å²) in [4.78, 5) is 12.1. The Balaban J connectivity index is 1.68. The van der Waals surface area contributed by atoms with Gasteiger partial charge in [-0.3, -0.25) is 4.31 Å². The number of fused-ring (bicyclic) bond motifs is 1. The van der Waals surface area contributed by atoms with E-state index in [0.29, 0.717) is 29.5 Å². The molecule has 2 N–H and O–H groups in total. The lowest BCUT2D eigenvalue weighted by atomic mass is 10.0. The van der Waals surface area contributed by atoms with Gasteiger partial charge in [-0.2, -0.15) is 0 Å². The molecule has 138 valence electrons. The number of hydrogen-bond donors (Lipinski definition) is 2. The lowest BCUT2D eigenvalue weighted by molar-refractivity contribution is 0.251. The molecule has 0 aromatic heterocycles. The van der Waals surface area contributed by atoms with Gasteiger partial charge in [0.25, 0.3) is 0 Å². The van der Waals surface area contributed by atoms with E-state index in [4.69, 9.17) is 11.6 Å². The lowest BCUT2D eigenvalue weighted by Gasteiger charge is -2.29. The summed E-state index contributed by atoms with van der Waals surface area (Å²) in [6.45, 7) is 0.821. The monoisotopic (exact) mass is 393 g/mol. The quantitative estimate of drug-likeness (QED) is 0.835. The molecule has 26 heavy (non-hydrogen) atoms. The van der Waals surface area contributed by atoms with Crippen molar-refractivity contribution in [2.45, 2.75) is 19.4 Å². The van der Waals surface area contributed by atoms with Gasteiger partial charge in [0.1, 0.15) is 0 Å². The van der Waals surface area contributed by atoms with Gasteiger partial charge in [0.15, 0.2) is 0 Å². The summed E-state index contributed by atoms with van der Waals surface area (Å²) in [5.74, 6) is 0. The molecule has 2 aromatic rings. The van der Waals surface area contributed by atoms with E-state index in [0.717, 1.165) is 24.0 Å². The fourth-order valence-electron chi connectivity index (χ4n) is 2.92. The van der Waals surface area contributed by atoms with E-state index < -0.39 is 10.0 Å². The van der Waals surface area contributed by atoms with Crippen LogP contribution in [0.25, 0.3) is 0 Å². The van der Waals surface area contributed by atoms with Crippen LogP contribution in [0.2, 0.25) is 5.02 Å². The number of sulfonamides is 1. The molecule has 0 bridgehead atoms. The molecule has 6 nitrogen and oxygen atoms in total. The fourth-order valence-corrected chi connectivity index (χ4v) is 4.04. The SMILES string of the molecule is CS(=O)(=O)N1CCCc2ccc(NC(=O)NCc3ccc(Cl)cc3)cc21. The van der Waals surface area contributed by atoms with Gasteiger partial charge in [0.2, 0.25) is 10.0 Å². The molecule has 0 atom stereocenters. The molecular formula is C18H20ClN3O3S. The minimum absolute atomic E-state index is 0.360. The molecule has 0 saturated heterocycles. The van der Waals surface area contributed by atoms with Gasteiger partial charge >= 0.3 is 6.03 Å². The number of anilines is 2. The summed E-state index contributed by atoms with van der Waals surface area (Å²) >= 11 is 5.84. The van der Waals surface area contributed by atoms with Gasteiger partial charge in [-0.25, -0.2) is 13.2 Å². The molecule has 2 aromatic carbocycles. The first-order valence-corrected chi connectivity index (χ1v) is 10.5. The minimum atomic E-state index is -3.34. The summed E-state index contributed by atoms with van der Waals surface area (Å²) < 4.78 is 25.4. The van der Waals surface area contributed by atoms with Crippen LogP contribution in [0.5, 0.6) is 0 Å². The number of aryl methyl sites for hydroxylation is 1. The van der Waals surface area contributed by atoms with Crippen LogP contribution in [0, 0.1) is 0 Å². The van der Waals surface area contributed by atoms with Crippen molar-refractivity contribution in [3.8, 4) is 0 Å². The van der Waals surface area contributed by atoms with Gasteiger partial charge < -0.3 is 10.6 Å². The molecule has 0 fully saturated rings. The smallest absolute Gasteiger partial charge is 0.319 e. The van der Waals surface area contributed by atoms with Crippen molar-refractivity contribution in [3.63, 3.8) is 0 Å². The van der Waals surface area contributed by atoms with Crippen LogP contribution in [0.3, 0.4) is 0 Å². The number of nitrogens with zero attached hydrogens (tertiary/aromatic N) is 1. The van der Waals surface area contributed by atoms with Crippen molar-refractivity contribution >= 4 is 39.0 Å². The molecule has 0 unspecified atom stereocenters. The highest BCUT2D eigenvalue weighted by Crippen LogP contribution is 2.31.